The summed E-state index contributed by atoms with van der Waals surface area (Å²) in [7, 11) is 0. The minimum absolute atomic E-state index is 0.126. The van der Waals surface area contributed by atoms with Gasteiger partial charge in [0.15, 0.2) is 0 Å². The van der Waals surface area contributed by atoms with Crippen molar-refractivity contribution in [1.29, 1.82) is 0 Å². The Kier molecular flexibility index (Phi) is 5.41. The first kappa shape index (κ1) is 19.1. The summed E-state index contributed by atoms with van der Waals surface area (Å²) in [5.74, 6) is 0. The summed E-state index contributed by atoms with van der Waals surface area (Å²) in [6.07, 6.45) is 0. The van der Waals surface area contributed by atoms with Crippen LogP contribution in [-0.2, 0) is 18.7 Å². The van der Waals surface area contributed by atoms with Crippen molar-refractivity contribution in [3.05, 3.63) is 121 Å². The quantitative estimate of drug-likeness (QED) is 0.416. The van der Waals surface area contributed by atoms with Gasteiger partial charge in [-0.1, -0.05) is 0 Å². The van der Waals surface area contributed by atoms with Gasteiger partial charge in [0, 0.05) is 0 Å². The molecule has 0 saturated carbocycles. The number of hydrogen-bond acceptors (Lipinski definition) is 2. The summed E-state index contributed by atoms with van der Waals surface area (Å²) in [5.41, 5.74) is 4.93. The molecule has 5 heteroatoms. The number of benzene rings is 4. The van der Waals surface area contributed by atoms with Gasteiger partial charge in [-0.15, -0.1) is 0 Å². The van der Waals surface area contributed by atoms with Crippen molar-refractivity contribution < 1.29 is 18.7 Å². The van der Waals surface area contributed by atoms with Crippen molar-refractivity contribution in [2.45, 2.75) is 0 Å². The zero-order chi connectivity index (χ0) is 20.3. The monoisotopic (exact) mass is 476 g/mol. The molecule has 146 valence electrons. The van der Waals surface area contributed by atoms with Crippen molar-refractivity contribution in [1.82, 2.24) is 0 Å². The Morgan fingerprint density at radius 2 is 0.733 bits per heavy atom. The van der Waals surface area contributed by atoms with E-state index in [0.29, 0.717) is 0 Å². The predicted molar refractivity (Wildman–Crippen MR) is 127 cm³/mol. The Morgan fingerprint density at radius 1 is 0.433 bits per heavy atom. The molecule has 1 fully saturated rings. The Balaban J connectivity index is 1.74. The Labute approximate surface area is 189 Å². The van der Waals surface area contributed by atoms with Crippen LogP contribution >= 0.6 is 0 Å². The van der Waals surface area contributed by atoms with Gasteiger partial charge in [0.1, 0.15) is 0 Å². The van der Waals surface area contributed by atoms with E-state index in [9.17, 15) is 0 Å². The maximum atomic E-state index is 3.64. The Bertz CT molecular complexity index is 1030. The van der Waals surface area contributed by atoms with Gasteiger partial charge in [-0.2, -0.15) is 0 Å². The van der Waals surface area contributed by atoms with Gasteiger partial charge in [0.05, 0.1) is 0 Å². The third kappa shape index (κ3) is 3.45. The van der Waals surface area contributed by atoms with Crippen molar-refractivity contribution in [2.75, 3.05) is 9.62 Å². The van der Waals surface area contributed by atoms with E-state index in [1.165, 1.54) is 22.3 Å². The van der Waals surface area contributed by atoms with Crippen LogP contribution in [0.1, 0.15) is 0 Å². The van der Waals surface area contributed by atoms with E-state index in [1.54, 1.807) is 0 Å². The van der Waals surface area contributed by atoms with Crippen molar-refractivity contribution in [2.24, 2.45) is 0 Å². The van der Waals surface area contributed by atoms with Gasteiger partial charge in [0.2, 0.25) is 0 Å². The maximum absolute atomic E-state index is 3.64. The molecule has 0 unspecified atom stereocenters. The topological polar surface area (TPSA) is 6.48 Å². The van der Waals surface area contributed by atoms with E-state index in [1.807, 2.05) is 0 Å². The molecule has 0 bridgehead atoms. The number of hydrogen-bond donors (Lipinski definition) is 0. The van der Waals surface area contributed by atoms with Crippen molar-refractivity contribution >= 4 is 40.0 Å². The molecular weight excluding hydrogens is 456 g/mol. The summed E-state index contributed by atoms with van der Waals surface area (Å²) in [5, 5.41) is 0. The molecule has 0 spiro atoms. The molecule has 0 radical (unpaired) electrons. The summed E-state index contributed by atoms with van der Waals surface area (Å²) in [4.78, 5) is 4.84. The van der Waals surface area contributed by atoms with Gasteiger partial charge in [-0.3, -0.25) is 0 Å². The van der Waals surface area contributed by atoms with Crippen LogP contribution in [0.2, 0.25) is 0 Å². The number of nitrogens with zero attached hydrogens (tertiary/aromatic N) is 2. The first-order chi connectivity index (χ1) is 14.8. The molecule has 0 amide bonds. The van der Waals surface area contributed by atoms with Gasteiger partial charge < -0.3 is 0 Å². The Hall–Kier alpha value is -2.86. The molecule has 1 aliphatic rings. The van der Waals surface area contributed by atoms with Crippen LogP contribution in [0.15, 0.2) is 121 Å². The normalized spacial score (nSPS) is 13.9. The van der Waals surface area contributed by atoms with E-state index in [4.69, 9.17) is 0 Å². The van der Waals surface area contributed by atoms with Gasteiger partial charge in [-0.05, 0) is 0 Å². The number of para-hydroxylation sites is 2. The molecule has 4 aromatic rings. The van der Waals surface area contributed by atoms with E-state index in [-0.39, 0.29) is 13.5 Å². The van der Waals surface area contributed by atoms with Gasteiger partial charge in [0.25, 0.3) is 0 Å². The molecule has 5 rings (SSSR count). The molecule has 0 aliphatic carbocycles. The van der Waals surface area contributed by atoms with E-state index in [0.717, 1.165) is 4.23 Å². The van der Waals surface area contributed by atoms with Crippen molar-refractivity contribution in [3.63, 3.8) is 0 Å². The number of rotatable bonds is 4. The second-order valence-corrected chi connectivity index (χ2v) is 8.06. The molecule has 4 aromatic carbocycles. The van der Waals surface area contributed by atoms with E-state index >= 15 is 0 Å². The first-order valence-corrected chi connectivity index (χ1v) is 10.9. The molecule has 1 aliphatic heterocycles. The Morgan fingerprint density at radius 3 is 1.07 bits per heavy atom. The molecule has 2 nitrogen and oxygen atoms in total. The SMILES string of the molecule is [Pd]=[C]1N(c2ccccc2)B(c2ccccc2)B(c2ccccc2)N1c1ccccc1. The van der Waals surface area contributed by atoms with Gasteiger partial charge in [-0.25, -0.2) is 0 Å². The fourth-order valence-corrected chi connectivity index (χ4v) is 5.10. The van der Waals surface area contributed by atoms with Crippen LogP contribution in [0.4, 0.5) is 11.4 Å². The van der Waals surface area contributed by atoms with Gasteiger partial charge >= 0.3 is 190 Å². The van der Waals surface area contributed by atoms with Crippen LogP contribution in [0.5, 0.6) is 0 Å². The number of anilines is 2. The summed E-state index contributed by atoms with van der Waals surface area (Å²) in [6.45, 7) is 0.251. The predicted octanol–water partition coefficient (Wildman–Crippen LogP) is 3.52. The third-order valence-electron chi connectivity index (χ3n) is 5.57. The summed E-state index contributed by atoms with van der Waals surface area (Å²) in [6, 6.07) is 42.9. The summed E-state index contributed by atoms with van der Waals surface area (Å²) >= 11 is 3.64. The van der Waals surface area contributed by atoms with E-state index < -0.39 is 0 Å². The fourth-order valence-electron chi connectivity index (χ4n) is 4.27. The van der Waals surface area contributed by atoms with E-state index in [2.05, 4.69) is 150 Å². The molecule has 1 heterocycles. The van der Waals surface area contributed by atoms with Crippen LogP contribution in [-0.4, -0.2) is 17.7 Å². The summed E-state index contributed by atoms with van der Waals surface area (Å²) < 4.78 is 1.08. The fraction of sp³-hybridized carbons (Fsp3) is 0. The molecule has 0 N–H and O–H groups in total. The van der Waals surface area contributed by atoms with Crippen LogP contribution in [0.3, 0.4) is 0 Å². The average molecular weight is 476 g/mol. The van der Waals surface area contributed by atoms with Crippen LogP contribution in [0, 0.1) is 0 Å². The minimum atomic E-state index is 0.126. The zero-order valence-corrected chi connectivity index (χ0v) is 18.0. The zero-order valence-electron chi connectivity index (χ0n) is 16.4. The van der Waals surface area contributed by atoms with Crippen LogP contribution in [0.25, 0.3) is 0 Å². The standard InChI is InChI=1S/C25H20B2N2.Pd/c1-5-13-22(14-6-1)26-27(23-15-7-2-8-16-23)29(25-19-11-4-12-20-25)21-28(26)24-17-9-3-10-18-24;/h1-20H;. The third-order valence-corrected chi connectivity index (χ3v) is 6.32. The average Bonchev–Trinajstić information content (AvgIpc) is 3.14. The molecule has 0 atom stereocenters. The second-order valence-electron chi connectivity index (χ2n) is 7.36. The molecule has 0 aromatic heterocycles. The first-order valence-electron chi connectivity index (χ1n) is 10.1. The second kappa shape index (κ2) is 8.48. The van der Waals surface area contributed by atoms with Crippen LogP contribution < -0.4 is 20.5 Å². The molecular formula is C25H20B2N2Pd. The molecule has 1 saturated heterocycles. The van der Waals surface area contributed by atoms with Crippen molar-refractivity contribution in [3.8, 4) is 0 Å². The molecule has 30 heavy (non-hydrogen) atoms.